The van der Waals surface area contributed by atoms with Gasteiger partial charge >= 0.3 is 0 Å². The van der Waals surface area contributed by atoms with Crippen LogP contribution in [-0.4, -0.2) is 29.8 Å². The zero-order valence-corrected chi connectivity index (χ0v) is 12.0. The molecular formula is C13H16BrN3O2. The number of rotatable bonds is 2. The van der Waals surface area contributed by atoms with Gasteiger partial charge in [0.15, 0.2) is 0 Å². The Labute approximate surface area is 120 Å². The molecule has 0 spiro atoms. The number of primary amides is 1. The van der Waals surface area contributed by atoms with Crippen LogP contribution in [0.2, 0.25) is 0 Å². The molecule has 2 rings (SSSR count). The van der Waals surface area contributed by atoms with Gasteiger partial charge in [0, 0.05) is 34.7 Å². The van der Waals surface area contributed by atoms with Crippen molar-refractivity contribution in [2.45, 2.75) is 12.8 Å². The molecular weight excluding hydrogens is 310 g/mol. The summed E-state index contributed by atoms with van der Waals surface area (Å²) in [6, 6.07) is 5.15. The van der Waals surface area contributed by atoms with E-state index >= 15 is 0 Å². The van der Waals surface area contributed by atoms with E-state index in [1.807, 2.05) is 0 Å². The van der Waals surface area contributed by atoms with Crippen molar-refractivity contribution in [2.75, 3.05) is 18.8 Å². The molecule has 1 aromatic carbocycles. The number of amides is 2. The van der Waals surface area contributed by atoms with E-state index < -0.39 is 0 Å². The summed E-state index contributed by atoms with van der Waals surface area (Å²) in [6.07, 6.45) is 1.26. The van der Waals surface area contributed by atoms with Crippen LogP contribution in [0.15, 0.2) is 22.7 Å². The van der Waals surface area contributed by atoms with Crippen molar-refractivity contribution in [3.8, 4) is 0 Å². The normalized spacial score (nSPS) is 16.4. The summed E-state index contributed by atoms with van der Waals surface area (Å²) in [5, 5.41) is 0. The number of nitrogens with two attached hydrogens (primary N) is 2. The highest BCUT2D eigenvalue weighted by Gasteiger charge is 2.26. The van der Waals surface area contributed by atoms with E-state index in [0.29, 0.717) is 37.2 Å². The van der Waals surface area contributed by atoms with Crippen molar-refractivity contribution in [2.24, 2.45) is 11.7 Å². The number of likely N-dealkylation sites (tertiary alicyclic amines) is 1. The molecule has 0 unspecified atom stereocenters. The third kappa shape index (κ3) is 3.26. The topological polar surface area (TPSA) is 89.4 Å². The fraction of sp³-hybridized carbons (Fsp3) is 0.385. The van der Waals surface area contributed by atoms with Crippen molar-refractivity contribution in [3.63, 3.8) is 0 Å². The summed E-state index contributed by atoms with van der Waals surface area (Å²) < 4.78 is 0.780. The van der Waals surface area contributed by atoms with Gasteiger partial charge in [-0.25, -0.2) is 0 Å². The van der Waals surface area contributed by atoms with Crippen LogP contribution >= 0.6 is 15.9 Å². The summed E-state index contributed by atoms with van der Waals surface area (Å²) in [5.41, 5.74) is 12.1. The van der Waals surface area contributed by atoms with E-state index in [1.54, 1.807) is 23.1 Å². The average Bonchev–Trinajstić information content (AvgIpc) is 2.37. The molecule has 2 amide bonds. The van der Waals surface area contributed by atoms with Crippen molar-refractivity contribution in [1.82, 2.24) is 4.90 Å². The molecule has 0 atom stereocenters. The van der Waals surface area contributed by atoms with E-state index in [4.69, 9.17) is 11.5 Å². The van der Waals surface area contributed by atoms with Gasteiger partial charge in [-0.2, -0.15) is 0 Å². The zero-order valence-electron chi connectivity index (χ0n) is 10.4. The minimum Gasteiger partial charge on any atom is -0.399 e. The van der Waals surface area contributed by atoms with Crippen LogP contribution in [0.4, 0.5) is 5.69 Å². The molecule has 0 saturated carbocycles. The molecule has 1 saturated heterocycles. The number of benzene rings is 1. The number of nitrogens with zero attached hydrogens (tertiary/aromatic N) is 1. The summed E-state index contributed by atoms with van der Waals surface area (Å²) >= 11 is 3.32. The number of hydrogen-bond acceptors (Lipinski definition) is 3. The van der Waals surface area contributed by atoms with E-state index in [-0.39, 0.29) is 17.7 Å². The lowest BCUT2D eigenvalue weighted by Crippen LogP contribution is -2.41. The second kappa shape index (κ2) is 5.61. The Bertz CT molecular complexity index is 490. The third-order valence-electron chi connectivity index (χ3n) is 3.35. The van der Waals surface area contributed by atoms with Gasteiger partial charge in [0.2, 0.25) is 5.91 Å². The number of halogens is 1. The Morgan fingerprint density at radius 3 is 2.37 bits per heavy atom. The maximum absolute atomic E-state index is 12.3. The Balaban J connectivity index is 2.07. The van der Waals surface area contributed by atoms with Crippen LogP contribution in [-0.2, 0) is 4.79 Å². The van der Waals surface area contributed by atoms with Gasteiger partial charge in [0.1, 0.15) is 0 Å². The van der Waals surface area contributed by atoms with E-state index in [2.05, 4.69) is 15.9 Å². The summed E-state index contributed by atoms with van der Waals surface area (Å²) in [6.45, 7) is 1.11. The molecule has 1 aliphatic rings. The minimum absolute atomic E-state index is 0.0593. The lowest BCUT2D eigenvalue weighted by molar-refractivity contribution is -0.123. The fourth-order valence-corrected chi connectivity index (χ4v) is 2.80. The first-order chi connectivity index (χ1) is 8.97. The number of anilines is 1. The number of piperidine rings is 1. The first kappa shape index (κ1) is 13.9. The largest absolute Gasteiger partial charge is 0.399 e. The first-order valence-electron chi connectivity index (χ1n) is 6.12. The van der Waals surface area contributed by atoms with Crippen LogP contribution in [0, 0.1) is 5.92 Å². The predicted molar refractivity (Wildman–Crippen MR) is 76.4 cm³/mol. The molecule has 1 aromatic rings. The molecule has 0 aromatic heterocycles. The van der Waals surface area contributed by atoms with Crippen molar-refractivity contribution in [3.05, 3.63) is 28.2 Å². The number of nitrogen functional groups attached to an aromatic ring is 1. The molecule has 0 aliphatic carbocycles. The van der Waals surface area contributed by atoms with E-state index in [9.17, 15) is 9.59 Å². The van der Waals surface area contributed by atoms with Crippen LogP contribution in [0.5, 0.6) is 0 Å². The maximum Gasteiger partial charge on any atom is 0.253 e. The monoisotopic (exact) mass is 325 g/mol. The molecule has 6 heteroatoms. The Kier molecular flexibility index (Phi) is 4.09. The van der Waals surface area contributed by atoms with Gasteiger partial charge in [-0.15, -0.1) is 0 Å². The molecule has 4 N–H and O–H groups in total. The lowest BCUT2D eigenvalue weighted by atomic mass is 9.96. The minimum atomic E-state index is -0.279. The van der Waals surface area contributed by atoms with Gasteiger partial charge < -0.3 is 16.4 Å². The standard InChI is InChI=1S/C13H16BrN3O2/c14-10-5-9(6-11(15)7-10)13(19)17-3-1-8(2-4-17)12(16)18/h5-8H,1-4,15H2,(H2,16,18). The van der Waals surface area contributed by atoms with Crippen molar-refractivity contribution < 1.29 is 9.59 Å². The van der Waals surface area contributed by atoms with E-state index in [0.717, 1.165) is 4.47 Å². The lowest BCUT2D eigenvalue weighted by Gasteiger charge is -2.30. The number of hydrogen-bond donors (Lipinski definition) is 2. The Morgan fingerprint density at radius 2 is 1.84 bits per heavy atom. The maximum atomic E-state index is 12.3. The highest BCUT2D eigenvalue weighted by molar-refractivity contribution is 9.10. The number of carbonyl (C=O) groups excluding carboxylic acids is 2. The summed E-state index contributed by atoms with van der Waals surface area (Å²) in [5.74, 6) is -0.452. The third-order valence-corrected chi connectivity index (χ3v) is 3.81. The second-order valence-electron chi connectivity index (χ2n) is 4.74. The van der Waals surface area contributed by atoms with E-state index in [1.165, 1.54) is 0 Å². The molecule has 19 heavy (non-hydrogen) atoms. The molecule has 102 valence electrons. The predicted octanol–water partition coefficient (Wildman–Crippen LogP) is 1.37. The van der Waals surface area contributed by atoms with Gasteiger partial charge in [-0.05, 0) is 31.0 Å². The molecule has 0 radical (unpaired) electrons. The fourth-order valence-electron chi connectivity index (χ4n) is 2.29. The van der Waals surface area contributed by atoms with Crippen LogP contribution in [0.25, 0.3) is 0 Å². The van der Waals surface area contributed by atoms with Crippen LogP contribution < -0.4 is 11.5 Å². The molecule has 1 aliphatic heterocycles. The van der Waals surface area contributed by atoms with Crippen LogP contribution in [0.3, 0.4) is 0 Å². The average molecular weight is 326 g/mol. The molecule has 1 heterocycles. The van der Waals surface area contributed by atoms with Crippen molar-refractivity contribution in [1.29, 1.82) is 0 Å². The van der Waals surface area contributed by atoms with Crippen molar-refractivity contribution >= 4 is 33.4 Å². The van der Waals surface area contributed by atoms with Gasteiger partial charge in [-0.1, -0.05) is 15.9 Å². The van der Waals surface area contributed by atoms with Gasteiger partial charge in [0.25, 0.3) is 5.91 Å². The highest BCUT2D eigenvalue weighted by Crippen LogP contribution is 2.22. The quantitative estimate of drug-likeness (QED) is 0.805. The Morgan fingerprint density at radius 1 is 1.21 bits per heavy atom. The summed E-state index contributed by atoms with van der Waals surface area (Å²) in [7, 11) is 0. The second-order valence-corrected chi connectivity index (χ2v) is 5.66. The Hall–Kier alpha value is -1.56. The van der Waals surface area contributed by atoms with Crippen LogP contribution in [0.1, 0.15) is 23.2 Å². The first-order valence-corrected chi connectivity index (χ1v) is 6.91. The van der Waals surface area contributed by atoms with Gasteiger partial charge in [-0.3, -0.25) is 9.59 Å². The highest BCUT2D eigenvalue weighted by atomic mass is 79.9. The molecule has 5 nitrogen and oxygen atoms in total. The molecule has 1 fully saturated rings. The summed E-state index contributed by atoms with van der Waals surface area (Å²) in [4.78, 5) is 25.1. The zero-order chi connectivity index (χ0) is 14.0. The number of carbonyl (C=O) groups is 2. The SMILES string of the molecule is NC(=O)C1CCN(C(=O)c2cc(N)cc(Br)c2)CC1. The molecule has 0 bridgehead atoms. The van der Waals surface area contributed by atoms with Gasteiger partial charge in [0.05, 0.1) is 0 Å². The smallest absolute Gasteiger partial charge is 0.253 e.